The van der Waals surface area contributed by atoms with E-state index in [4.69, 9.17) is 5.11 Å². The lowest BCUT2D eigenvalue weighted by atomic mass is 10.0. The zero-order chi connectivity index (χ0) is 26.5. The van der Waals surface area contributed by atoms with Crippen molar-refractivity contribution in [2.75, 3.05) is 6.61 Å². The second-order valence-electron chi connectivity index (χ2n) is 10.6. The molecule has 200 valence electrons. The first-order valence-electron chi connectivity index (χ1n) is 13.8. The Morgan fingerprint density at radius 3 is 1.14 bits per heavy atom. The number of rotatable bonds is 19. The predicted octanol–water partition coefficient (Wildman–Crippen LogP) is 9.72. The van der Waals surface area contributed by atoms with Gasteiger partial charge >= 0.3 is 0 Å². The van der Waals surface area contributed by atoms with Gasteiger partial charge in [0.15, 0.2) is 0 Å². The van der Waals surface area contributed by atoms with Gasteiger partial charge in [-0.3, -0.25) is 0 Å². The normalized spacial score (nSPS) is 14.9. The monoisotopic (exact) mass is 484 g/mol. The minimum absolute atomic E-state index is 0.144. The topological polar surface area (TPSA) is 40.5 Å². The van der Waals surface area contributed by atoms with E-state index in [1.165, 1.54) is 46.3 Å². The first-order chi connectivity index (χ1) is 16.6. The maximum atomic E-state index is 9.44. The van der Waals surface area contributed by atoms with Gasteiger partial charge in [-0.15, -0.1) is 0 Å². The number of aliphatic hydroxyl groups is 2. The summed E-state index contributed by atoms with van der Waals surface area (Å²) in [4.78, 5) is 0. The zero-order valence-corrected chi connectivity index (χ0v) is 24.1. The molecule has 0 heterocycles. The fourth-order valence-electron chi connectivity index (χ4n) is 3.88. The summed E-state index contributed by atoms with van der Waals surface area (Å²) < 4.78 is 0. The molecular formula is C33H56O2. The third kappa shape index (κ3) is 22.6. The summed E-state index contributed by atoms with van der Waals surface area (Å²) >= 11 is 0. The van der Waals surface area contributed by atoms with Crippen LogP contribution in [0.3, 0.4) is 0 Å². The quantitative estimate of drug-likeness (QED) is 0.141. The van der Waals surface area contributed by atoms with E-state index in [9.17, 15) is 5.11 Å². The first kappa shape index (κ1) is 33.4. The Morgan fingerprint density at radius 2 is 0.800 bits per heavy atom. The largest absolute Gasteiger partial charge is 0.394 e. The number of unbranched alkanes of at least 4 members (excludes halogenated alkanes) is 1. The Labute approximate surface area is 218 Å². The number of hydrogen-bond donors (Lipinski definition) is 2. The molecule has 2 heteroatoms. The van der Waals surface area contributed by atoms with Gasteiger partial charge in [-0.2, -0.15) is 0 Å². The van der Waals surface area contributed by atoms with Crippen LogP contribution in [-0.4, -0.2) is 22.9 Å². The van der Waals surface area contributed by atoms with Crippen LogP contribution < -0.4 is 0 Å². The summed E-state index contributed by atoms with van der Waals surface area (Å²) in [6.07, 6.45) is 26.5. The summed E-state index contributed by atoms with van der Waals surface area (Å²) in [7, 11) is 0. The Bertz CT molecular complexity index is 739. The van der Waals surface area contributed by atoms with Crippen molar-refractivity contribution >= 4 is 0 Å². The van der Waals surface area contributed by atoms with Gasteiger partial charge in [0.2, 0.25) is 0 Å². The van der Waals surface area contributed by atoms with Gasteiger partial charge in [0.05, 0.1) is 12.7 Å². The van der Waals surface area contributed by atoms with Crippen LogP contribution in [0.25, 0.3) is 0 Å². The van der Waals surface area contributed by atoms with Crippen molar-refractivity contribution in [2.24, 2.45) is 0 Å². The van der Waals surface area contributed by atoms with Crippen LogP contribution in [0, 0.1) is 0 Å². The predicted molar refractivity (Wildman–Crippen MR) is 157 cm³/mol. The molecule has 0 aromatic heterocycles. The van der Waals surface area contributed by atoms with Crippen LogP contribution in [0.2, 0.25) is 0 Å². The van der Waals surface area contributed by atoms with E-state index in [1.54, 1.807) is 0 Å². The highest BCUT2D eigenvalue weighted by atomic mass is 16.3. The molecule has 0 spiro atoms. The van der Waals surface area contributed by atoms with Gasteiger partial charge in [0.25, 0.3) is 0 Å². The Morgan fingerprint density at radius 1 is 0.486 bits per heavy atom. The minimum atomic E-state index is -0.587. The van der Waals surface area contributed by atoms with Crippen LogP contribution in [0.15, 0.2) is 69.9 Å². The highest BCUT2D eigenvalue weighted by Crippen LogP contribution is 2.15. The van der Waals surface area contributed by atoms with Gasteiger partial charge in [-0.1, -0.05) is 69.9 Å². The van der Waals surface area contributed by atoms with E-state index in [0.717, 1.165) is 57.8 Å². The van der Waals surface area contributed by atoms with Crippen molar-refractivity contribution in [1.82, 2.24) is 0 Å². The second kappa shape index (κ2) is 21.6. The van der Waals surface area contributed by atoms with Crippen LogP contribution in [0.5, 0.6) is 0 Å². The second-order valence-corrected chi connectivity index (χ2v) is 10.6. The standard InChI is InChI=1S/C33H56O2/c1-27(2)14-10-17-30(5)20-11-18-28(3)15-8-9-16-29(4)19-12-21-31(6)22-13-23-32(7)24-25-33(35)26-34/h14-16,20-21,23,33-35H,8-13,17-19,22,24-26H2,1-7H3/b28-15+,29-16+,30-20+,31-21+,32-23?. The van der Waals surface area contributed by atoms with E-state index in [0.29, 0.717) is 6.42 Å². The summed E-state index contributed by atoms with van der Waals surface area (Å²) in [6, 6.07) is 0. The highest BCUT2D eigenvalue weighted by molar-refractivity contribution is 5.08. The molecule has 0 saturated carbocycles. The average Bonchev–Trinajstić information content (AvgIpc) is 2.80. The molecule has 2 nitrogen and oxygen atoms in total. The average molecular weight is 485 g/mol. The van der Waals surface area contributed by atoms with E-state index in [1.807, 2.05) is 0 Å². The molecule has 0 aromatic rings. The zero-order valence-electron chi connectivity index (χ0n) is 24.1. The lowest BCUT2D eigenvalue weighted by Gasteiger charge is -2.07. The molecule has 0 aliphatic carbocycles. The van der Waals surface area contributed by atoms with Crippen LogP contribution in [-0.2, 0) is 0 Å². The molecule has 0 radical (unpaired) electrons. The fraction of sp³-hybridized carbons (Fsp3) is 0.636. The lowest BCUT2D eigenvalue weighted by Crippen LogP contribution is -2.11. The van der Waals surface area contributed by atoms with E-state index >= 15 is 0 Å². The lowest BCUT2D eigenvalue weighted by molar-refractivity contribution is 0.0885. The molecule has 35 heavy (non-hydrogen) atoms. The molecule has 1 unspecified atom stereocenters. The molecule has 0 bridgehead atoms. The molecule has 0 saturated heterocycles. The molecule has 1 atom stereocenters. The maximum absolute atomic E-state index is 9.44. The fourth-order valence-corrected chi connectivity index (χ4v) is 3.88. The van der Waals surface area contributed by atoms with E-state index < -0.39 is 6.10 Å². The molecular weight excluding hydrogens is 428 g/mol. The molecule has 0 fully saturated rings. The summed E-state index contributed by atoms with van der Waals surface area (Å²) in [5, 5.41) is 18.3. The van der Waals surface area contributed by atoms with Crippen molar-refractivity contribution in [2.45, 2.75) is 132 Å². The SMILES string of the molecule is CC(C)=CCC/C(C)=C/CC/C(C)=C/CC/C=C(\C)CC/C=C(\C)CCC=C(C)CCC(O)CO. The number of hydrogen-bond acceptors (Lipinski definition) is 2. The highest BCUT2D eigenvalue weighted by Gasteiger charge is 2.01. The minimum Gasteiger partial charge on any atom is -0.394 e. The summed E-state index contributed by atoms with van der Waals surface area (Å²) in [6.45, 7) is 15.3. The van der Waals surface area contributed by atoms with Gasteiger partial charge < -0.3 is 10.2 Å². The Balaban J connectivity index is 4.10. The smallest absolute Gasteiger partial charge is 0.0774 e. The molecule has 0 aliphatic rings. The van der Waals surface area contributed by atoms with E-state index in [-0.39, 0.29) is 6.61 Å². The third-order valence-electron chi connectivity index (χ3n) is 6.42. The third-order valence-corrected chi connectivity index (χ3v) is 6.42. The van der Waals surface area contributed by atoms with Crippen molar-refractivity contribution in [1.29, 1.82) is 0 Å². The van der Waals surface area contributed by atoms with Crippen LogP contribution in [0.1, 0.15) is 126 Å². The number of allylic oxidation sites excluding steroid dienone is 12. The van der Waals surface area contributed by atoms with Gasteiger partial charge in [-0.25, -0.2) is 0 Å². The summed E-state index contributed by atoms with van der Waals surface area (Å²) in [5.41, 5.74) is 8.69. The number of aliphatic hydroxyl groups excluding tert-OH is 2. The van der Waals surface area contributed by atoms with Crippen LogP contribution in [0.4, 0.5) is 0 Å². The first-order valence-corrected chi connectivity index (χ1v) is 13.8. The Hall–Kier alpha value is -1.64. The van der Waals surface area contributed by atoms with Gasteiger partial charge in [0.1, 0.15) is 0 Å². The molecule has 0 amide bonds. The summed E-state index contributed by atoms with van der Waals surface area (Å²) in [5.74, 6) is 0. The molecule has 2 N–H and O–H groups in total. The molecule has 0 aliphatic heterocycles. The van der Waals surface area contributed by atoms with Crippen molar-refractivity contribution in [3.05, 3.63) is 69.9 Å². The Kier molecular flexibility index (Phi) is 20.6. The molecule has 0 rings (SSSR count). The van der Waals surface area contributed by atoms with Crippen molar-refractivity contribution in [3.8, 4) is 0 Å². The maximum Gasteiger partial charge on any atom is 0.0774 e. The van der Waals surface area contributed by atoms with Crippen molar-refractivity contribution < 1.29 is 10.2 Å². The van der Waals surface area contributed by atoms with Crippen LogP contribution >= 0.6 is 0 Å². The van der Waals surface area contributed by atoms with E-state index in [2.05, 4.69) is 84.9 Å². The van der Waals surface area contributed by atoms with Gasteiger partial charge in [-0.05, 0) is 126 Å². The molecule has 0 aromatic carbocycles. The van der Waals surface area contributed by atoms with Gasteiger partial charge in [0, 0.05) is 0 Å². The van der Waals surface area contributed by atoms with Crippen molar-refractivity contribution in [3.63, 3.8) is 0 Å².